The summed E-state index contributed by atoms with van der Waals surface area (Å²) in [6.07, 6.45) is 12.1. The summed E-state index contributed by atoms with van der Waals surface area (Å²) in [5.41, 5.74) is 2.43. The number of carbonyl (C=O) groups is 3. The summed E-state index contributed by atoms with van der Waals surface area (Å²) in [7, 11) is 0. The van der Waals surface area contributed by atoms with Crippen LogP contribution in [0.1, 0.15) is 119 Å². The Labute approximate surface area is 302 Å². The van der Waals surface area contributed by atoms with Crippen LogP contribution in [0.2, 0.25) is 5.02 Å². The topological polar surface area (TPSA) is 112 Å². The minimum absolute atomic E-state index is 0.0945. The van der Waals surface area contributed by atoms with E-state index in [9.17, 15) is 14.4 Å². The highest BCUT2D eigenvalue weighted by Gasteiger charge is 2.65. The average Bonchev–Trinajstić information content (AvgIpc) is 3.63. The molecule has 9 unspecified atom stereocenters. The summed E-state index contributed by atoms with van der Waals surface area (Å²) in [4.78, 5) is 42.7. The first kappa shape index (κ1) is 35.5. The summed E-state index contributed by atoms with van der Waals surface area (Å²) >= 11 is 6.05. The SMILES string of the molecule is CC(C)C1=C2C3CCC4C(C)(CCC5C(C)C(OC(=O)CC(C)(C)C=O)CCC54C)C3CCC2(Cc2nnc(-c3ccc(Cl)cn3)o2)CC1=O. The smallest absolute Gasteiger partial charge is 0.307 e. The van der Waals surface area contributed by atoms with Gasteiger partial charge >= 0.3 is 5.97 Å². The Morgan fingerprint density at radius 3 is 2.48 bits per heavy atom. The van der Waals surface area contributed by atoms with E-state index in [1.54, 1.807) is 32.2 Å². The molecule has 50 heavy (non-hydrogen) atoms. The number of fused-ring (bicyclic) bond motifs is 7. The van der Waals surface area contributed by atoms with Crippen molar-refractivity contribution in [3.8, 4) is 11.6 Å². The third kappa shape index (κ3) is 5.80. The Morgan fingerprint density at radius 2 is 1.78 bits per heavy atom. The van der Waals surface area contributed by atoms with Gasteiger partial charge in [0.15, 0.2) is 5.78 Å². The Balaban J connectivity index is 1.14. The number of allylic oxidation sites excluding steroid dienone is 2. The van der Waals surface area contributed by atoms with Gasteiger partial charge < -0.3 is 13.9 Å². The van der Waals surface area contributed by atoms with E-state index in [0.717, 1.165) is 63.2 Å². The molecule has 5 aliphatic rings. The van der Waals surface area contributed by atoms with Gasteiger partial charge in [0.05, 0.1) is 11.4 Å². The molecule has 9 heteroatoms. The molecule has 0 aliphatic heterocycles. The number of hydrogen-bond acceptors (Lipinski definition) is 8. The van der Waals surface area contributed by atoms with E-state index in [-0.39, 0.29) is 46.6 Å². The molecule has 0 saturated heterocycles. The van der Waals surface area contributed by atoms with Crippen molar-refractivity contribution < 1.29 is 23.5 Å². The molecule has 4 saturated carbocycles. The average molecular weight is 704 g/mol. The van der Waals surface area contributed by atoms with Gasteiger partial charge in [-0.15, -0.1) is 10.2 Å². The number of nitrogens with zero attached hydrogens (tertiary/aromatic N) is 3. The van der Waals surface area contributed by atoms with Gasteiger partial charge in [-0.2, -0.15) is 0 Å². The molecular weight excluding hydrogens is 650 g/mol. The summed E-state index contributed by atoms with van der Waals surface area (Å²) < 4.78 is 12.3. The number of halogens is 1. The standard InChI is InChI=1S/C41H54ClN3O5/c1-23(2)35-30(47)18-41(19-33-44-45-37(50-33)29-10-8-25(42)21-43-29)17-13-28-26(36(35)41)9-11-32-39(6)16-14-31(49-34(48)20-38(4,5)22-46)24(3)27(39)12-15-40(28,32)7/h8,10,21-24,26-28,31-32H,9,11-20H2,1-7H3. The number of pyridine rings is 1. The normalized spacial score (nSPS) is 36.8. The molecule has 8 nitrogen and oxygen atoms in total. The highest BCUT2D eigenvalue weighted by Crippen LogP contribution is 2.72. The molecule has 0 radical (unpaired) electrons. The predicted molar refractivity (Wildman–Crippen MR) is 191 cm³/mol. The Morgan fingerprint density at radius 1 is 1.06 bits per heavy atom. The van der Waals surface area contributed by atoms with Crippen molar-refractivity contribution in [2.45, 2.75) is 125 Å². The summed E-state index contributed by atoms with van der Waals surface area (Å²) in [6.45, 7) is 15.4. The maximum absolute atomic E-state index is 13.9. The zero-order valence-corrected chi connectivity index (χ0v) is 31.6. The molecule has 2 aromatic heterocycles. The molecular formula is C41H54ClN3O5. The van der Waals surface area contributed by atoms with Crippen molar-refractivity contribution in [2.75, 3.05) is 0 Å². The summed E-state index contributed by atoms with van der Waals surface area (Å²) in [5, 5.41) is 9.37. The number of aldehydes is 1. The molecule has 0 spiro atoms. The van der Waals surface area contributed by atoms with Crippen molar-refractivity contribution in [1.82, 2.24) is 15.2 Å². The monoisotopic (exact) mass is 703 g/mol. The molecule has 0 amide bonds. The van der Waals surface area contributed by atoms with Crippen LogP contribution in [0.25, 0.3) is 11.6 Å². The molecule has 7 rings (SSSR count). The molecule has 270 valence electrons. The number of Topliss-reactive ketones (excluding diaryl/α,β-unsaturated/α-hetero) is 1. The number of carbonyl (C=O) groups excluding carboxylic acids is 3. The molecule has 5 aliphatic carbocycles. The number of aromatic nitrogens is 3. The lowest BCUT2D eigenvalue weighted by molar-refractivity contribution is -0.191. The van der Waals surface area contributed by atoms with Crippen LogP contribution in [0.3, 0.4) is 0 Å². The second-order valence-corrected chi connectivity index (χ2v) is 18.6. The fourth-order valence-electron chi connectivity index (χ4n) is 12.2. The lowest BCUT2D eigenvalue weighted by Crippen LogP contribution is -2.60. The maximum Gasteiger partial charge on any atom is 0.307 e. The molecule has 0 N–H and O–H groups in total. The van der Waals surface area contributed by atoms with Gasteiger partial charge in [0, 0.05) is 29.9 Å². The third-order valence-electron chi connectivity index (χ3n) is 14.4. The van der Waals surface area contributed by atoms with E-state index in [4.69, 9.17) is 20.8 Å². The van der Waals surface area contributed by atoms with Gasteiger partial charge in [-0.3, -0.25) is 9.59 Å². The van der Waals surface area contributed by atoms with Gasteiger partial charge in [0.1, 0.15) is 18.1 Å². The molecule has 2 aromatic rings. The van der Waals surface area contributed by atoms with Gasteiger partial charge in [-0.1, -0.05) is 65.6 Å². The maximum atomic E-state index is 13.9. The second kappa shape index (κ2) is 12.7. The molecule has 2 heterocycles. The van der Waals surface area contributed by atoms with Gasteiger partial charge in [-0.25, -0.2) is 4.98 Å². The van der Waals surface area contributed by atoms with Crippen molar-refractivity contribution in [2.24, 2.45) is 57.2 Å². The third-order valence-corrected chi connectivity index (χ3v) is 14.6. The number of ketones is 1. The summed E-state index contributed by atoms with van der Waals surface area (Å²) in [6, 6.07) is 3.55. The minimum Gasteiger partial charge on any atom is -0.462 e. The van der Waals surface area contributed by atoms with E-state index >= 15 is 0 Å². The highest BCUT2D eigenvalue weighted by atomic mass is 35.5. The van der Waals surface area contributed by atoms with Crippen LogP contribution < -0.4 is 0 Å². The molecule has 9 atom stereocenters. The summed E-state index contributed by atoms with van der Waals surface area (Å²) in [5.74, 6) is 3.42. The first-order chi connectivity index (χ1) is 23.6. The van der Waals surface area contributed by atoms with Crippen LogP contribution >= 0.6 is 11.6 Å². The van der Waals surface area contributed by atoms with E-state index in [2.05, 4.69) is 49.8 Å². The van der Waals surface area contributed by atoms with E-state index < -0.39 is 5.41 Å². The van der Waals surface area contributed by atoms with Gasteiger partial charge in [0.25, 0.3) is 5.89 Å². The fourth-order valence-corrected chi connectivity index (χ4v) is 12.4. The number of ether oxygens (including phenoxy) is 1. The predicted octanol–water partition coefficient (Wildman–Crippen LogP) is 9.06. The zero-order chi connectivity index (χ0) is 35.8. The van der Waals surface area contributed by atoms with E-state index in [1.165, 1.54) is 5.57 Å². The van der Waals surface area contributed by atoms with Crippen molar-refractivity contribution in [3.63, 3.8) is 0 Å². The largest absolute Gasteiger partial charge is 0.462 e. The van der Waals surface area contributed by atoms with Crippen LogP contribution in [-0.4, -0.2) is 39.3 Å². The first-order valence-corrected chi connectivity index (χ1v) is 19.4. The lowest BCUT2D eigenvalue weighted by Gasteiger charge is -2.67. The Bertz CT molecular complexity index is 1700. The molecule has 4 fully saturated rings. The van der Waals surface area contributed by atoms with E-state index in [1.807, 2.05) is 0 Å². The van der Waals surface area contributed by atoms with Crippen LogP contribution in [-0.2, 0) is 25.5 Å². The second-order valence-electron chi connectivity index (χ2n) is 18.1. The van der Waals surface area contributed by atoms with Crippen molar-refractivity contribution >= 4 is 29.6 Å². The van der Waals surface area contributed by atoms with Crippen LogP contribution in [0, 0.1) is 57.2 Å². The molecule has 0 bridgehead atoms. The van der Waals surface area contributed by atoms with E-state index in [0.29, 0.717) is 64.8 Å². The van der Waals surface area contributed by atoms with Gasteiger partial charge in [-0.05, 0) is 115 Å². The number of rotatable bonds is 8. The zero-order valence-electron chi connectivity index (χ0n) is 30.9. The number of hydrogen-bond donors (Lipinski definition) is 0. The Kier molecular flexibility index (Phi) is 9.00. The number of esters is 1. The fraction of sp³-hybridized carbons (Fsp3) is 0.707. The Hall–Kier alpha value is -2.87. The quantitative estimate of drug-likeness (QED) is 0.198. The first-order valence-electron chi connectivity index (χ1n) is 19.0. The van der Waals surface area contributed by atoms with Crippen LogP contribution in [0.5, 0.6) is 0 Å². The van der Waals surface area contributed by atoms with Crippen molar-refractivity contribution in [3.05, 3.63) is 40.4 Å². The minimum atomic E-state index is -0.704. The van der Waals surface area contributed by atoms with Crippen LogP contribution in [0.15, 0.2) is 33.9 Å². The van der Waals surface area contributed by atoms with Crippen LogP contribution in [0.4, 0.5) is 0 Å². The van der Waals surface area contributed by atoms with Crippen molar-refractivity contribution in [1.29, 1.82) is 0 Å². The molecule has 0 aromatic carbocycles. The highest BCUT2D eigenvalue weighted by molar-refractivity contribution is 6.30. The lowest BCUT2D eigenvalue weighted by atomic mass is 9.38. The van der Waals surface area contributed by atoms with Gasteiger partial charge in [0.2, 0.25) is 5.89 Å².